The minimum Gasteiger partial charge on any atom is -0.492 e. The summed E-state index contributed by atoms with van der Waals surface area (Å²) in [7, 11) is 1.52. The predicted octanol–water partition coefficient (Wildman–Crippen LogP) is 3.98. The van der Waals surface area contributed by atoms with Gasteiger partial charge < -0.3 is 14.2 Å². The molecule has 1 heterocycles. The van der Waals surface area contributed by atoms with Gasteiger partial charge >= 0.3 is 10.8 Å². The van der Waals surface area contributed by atoms with Crippen molar-refractivity contribution in [1.29, 1.82) is 0 Å². The van der Waals surface area contributed by atoms with E-state index in [4.69, 9.17) is 19.0 Å². The van der Waals surface area contributed by atoms with Crippen molar-refractivity contribution < 1.29 is 23.8 Å². The molecule has 0 atom stereocenters. The number of hydrogen-bond donors (Lipinski definition) is 1. The van der Waals surface area contributed by atoms with Crippen LogP contribution in [0.5, 0.6) is 11.5 Å². The van der Waals surface area contributed by atoms with Crippen molar-refractivity contribution in [3.8, 4) is 11.5 Å². The lowest BCUT2D eigenvalue weighted by Crippen LogP contribution is -2.39. The third kappa shape index (κ3) is 5.94. The maximum Gasteiger partial charge on any atom is 0.349 e. The molecule has 0 saturated heterocycles. The Balaban J connectivity index is 1.61. The Kier molecular flexibility index (Phi) is 7.78. The summed E-state index contributed by atoms with van der Waals surface area (Å²) in [5.41, 5.74) is 3.92. The number of carbonyl (C=O) groups excluding carboxylic acids is 1. The van der Waals surface area contributed by atoms with Crippen molar-refractivity contribution in [1.82, 2.24) is 10.0 Å². The molecule has 176 valence electrons. The van der Waals surface area contributed by atoms with Gasteiger partial charge in [-0.15, -0.1) is 0 Å². The van der Waals surface area contributed by atoms with E-state index in [1.165, 1.54) is 18.4 Å². The van der Waals surface area contributed by atoms with Crippen molar-refractivity contribution >= 4 is 33.2 Å². The van der Waals surface area contributed by atoms with Crippen LogP contribution in [0.25, 0.3) is 15.9 Å². The first-order valence-corrected chi connectivity index (χ1v) is 11.3. The Hall–Kier alpha value is -3.30. The maximum absolute atomic E-state index is 12.5. The lowest BCUT2D eigenvalue weighted by Gasteiger charge is -2.24. The van der Waals surface area contributed by atoms with Crippen LogP contribution in [0.1, 0.15) is 26.3 Å². The number of carbonyl (C=O) groups is 1. The molecule has 1 aromatic heterocycles. The molecule has 0 aliphatic carbocycles. The third-order valence-corrected chi connectivity index (χ3v) is 5.73. The molecule has 0 bridgehead atoms. The Morgan fingerprint density at radius 3 is 2.52 bits per heavy atom. The molecular formula is C24H28N2O6S. The van der Waals surface area contributed by atoms with E-state index < -0.39 is 11.6 Å². The Labute approximate surface area is 196 Å². The van der Waals surface area contributed by atoms with Gasteiger partial charge in [-0.2, -0.15) is 0 Å². The molecule has 0 spiro atoms. The predicted molar refractivity (Wildman–Crippen MR) is 129 cm³/mol. The standard InChI is InChI=1S/C24H28N2O6S/c1-6-30-22(27)24(3,4)32-19-10-8-18(9-11-19)31-14-13-26-20-12-7-17(16(2)25-29-5)15-21(20)33-23(26)28/h7-12,15,25H,2,6,13-14H2,1,3-5H3. The summed E-state index contributed by atoms with van der Waals surface area (Å²) < 4.78 is 19.1. The highest BCUT2D eigenvalue weighted by Gasteiger charge is 2.31. The summed E-state index contributed by atoms with van der Waals surface area (Å²) in [4.78, 5) is 29.3. The largest absolute Gasteiger partial charge is 0.492 e. The fourth-order valence-electron chi connectivity index (χ4n) is 3.15. The fraction of sp³-hybridized carbons (Fsp3) is 0.333. The average molecular weight is 473 g/mol. The number of hydrogen-bond acceptors (Lipinski definition) is 8. The van der Waals surface area contributed by atoms with Crippen LogP contribution in [0.3, 0.4) is 0 Å². The molecule has 3 rings (SSSR count). The summed E-state index contributed by atoms with van der Waals surface area (Å²) >= 11 is 1.18. The summed E-state index contributed by atoms with van der Waals surface area (Å²) in [5.74, 6) is 0.735. The van der Waals surface area contributed by atoms with Crippen molar-refractivity contribution in [3.63, 3.8) is 0 Å². The van der Waals surface area contributed by atoms with E-state index in [0.29, 0.717) is 37.0 Å². The van der Waals surface area contributed by atoms with Crippen LogP contribution in [0.15, 0.2) is 53.8 Å². The molecule has 0 unspecified atom stereocenters. The highest BCUT2D eigenvalue weighted by Crippen LogP contribution is 2.24. The molecule has 0 amide bonds. The van der Waals surface area contributed by atoms with Crippen LogP contribution < -0.4 is 19.8 Å². The molecule has 1 N–H and O–H groups in total. The van der Waals surface area contributed by atoms with Gasteiger partial charge in [-0.3, -0.25) is 19.7 Å². The summed E-state index contributed by atoms with van der Waals surface area (Å²) in [6, 6.07) is 12.6. The van der Waals surface area contributed by atoms with Crippen molar-refractivity contribution in [3.05, 3.63) is 64.3 Å². The molecule has 8 nitrogen and oxygen atoms in total. The van der Waals surface area contributed by atoms with E-state index in [9.17, 15) is 9.59 Å². The smallest absolute Gasteiger partial charge is 0.349 e. The molecule has 0 saturated carbocycles. The van der Waals surface area contributed by atoms with E-state index in [1.54, 1.807) is 49.6 Å². The van der Waals surface area contributed by atoms with Crippen molar-refractivity contribution in [2.75, 3.05) is 20.3 Å². The highest BCUT2D eigenvalue weighted by molar-refractivity contribution is 7.16. The second kappa shape index (κ2) is 10.5. The highest BCUT2D eigenvalue weighted by atomic mass is 32.1. The zero-order valence-electron chi connectivity index (χ0n) is 19.2. The van der Waals surface area contributed by atoms with Gasteiger partial charge in [0.1, 0.15) is 18.1 Å². The molecule has 0 fully saturated rings. The summed E-state index contributed by atoms with van der Waals surface area (Å²) in [5, 5.41) is 0. The van der Waals surface area contributed by atoms with E-state index in [2.05, 4.69) is 12.1 Å². The van der Waals surface area contributed by atoms with Crippen LogP contribution >= 0.6 is 11.3 Å². The monoisotopic (exact) mass is 472 g/mol. The molecule has 2 aromatic carbocycles. The quantitative estimate of drug-likeness (QED) is 0.334. The number of esters is 1. The Bertz CT molecular complexity index is 1180. The van der Waals surface area contributed by atoms with Gasteiger partial charge in [0.05, 0.1) is 36.2 Å². The Morgan fingerprint density at radius 2 is 1.85 bits per heavy atom. The second-order valence-electron chi connectivity index (χ2n) is 7.64. The van der Waals surface area contributed by atoms with Crippen molar-refractivity contribution in [2.45, 2.75) is 32.9 Å². The number of thiazole rings is 1. The van der Waals surface area contributed by atoms with Gasteiger partial charge in [0, 0.05) is 5.56 Å². The van der Waals surface area contributed by atoms with Gasteiger partial charge in [0.2, 0.25) is 0 Å². The number of nitrogens with zero attached hydrogens (tertiary/aromatic N) is 1. The molecule has 9 heteroatoms. The summed E-state index contributed by atoms with van der Waals surface area (Å²) in [6.45, 7) is 10.00. The molecule has 3 aromatic rings. The molecule has 0 aliphatic heterocycles. The SMILES string of the molecule is C=C(NOC)c1ccc2c(c1)sc(=O)n2CCOc1ccc(OC(C)(C)C(=O)OCC)cc1. The van der Waals surface area contributed by atoms with Gasteiger partial charge in [-0.05, 0) is 57.2 Å². The summed E-state index contributed by atoms with van der Waals surface area (Å²) in [6.07, 6.45) is 0. The first-order valence-electron chi connectivity index (χ1n) is 10.5. The van der Waals surface area contributed by atoms with Gasteiger partial charge in [0.15, 0.2) is 5.60 Å². The van der Waals surface area contributed by atoms with E-state index >= 15 is 0 Å². The number of benzene rings is 2. The molecule has 33 heavy (non-hydrogen) atoms. The Morgan fingerprint density at radius 1 is 1.15 bits per heavy atom. The first kappa shape index (κ1) is 24.3. The van der Waals surface area contributed by atoms with Gasteiger partial charge in [-0.1, -0.05) is 24.0 Å². The molecule has 0 aliphatic rings. The number of rotatable bonds is 11. The van der Waals surface area contributed by atoms with E-state index in [1.807, 2.05) is 18.2 Å². The zero-order valence-corrected chi connectivity index (χ0v) is 20.0. The normalized spacial score (nSPS) is 11.3. The number of ether oxygens (including phenoxy) is 3. The van der Waals surface area contributed by atoms with Gasteiger partial charge in [0.25, 0.3) is 0 Å². The van der Waals surface area contributed by atoms with E-state index in [-0.39, 0.29) is 4.87 Å². The minimum atomic E-state index is -1.09. The zero-order chi connectivity index (χ0) is 24.0. The maximum atomic E-state index is 12.5. The first-order chi connectivity index (χ1) is 15.7. The number of hydroxylamine groups is 1. The van der Waals surface area contributed by atoms with Crippen LogP contribution in [0, 0.1) is 0 Å². The number of aromatic nitrogens is 1. The van der Waals surface area contributed by atoms with Crippen LogP contribution in [-0.4, -0.2) is 36.5 Å². The van der Waals surface area contributed by atoms with Crippen LogP contribution in [0.2, 0.25) is 0 Å². The number of fused-ring (bicyclic) bond motifs is 1. The topological polar surface area (TPSA) is 88.0 Å². The number of nitrogens with one attached hydrogen (secondary N) is 1. The molecule has 0 radical (unpaired) electrons. The van der Waals surface area contributed by atoms with Crippen LogP contribution in [-0.2, 0) is 20.9 Å². The van der Waals surface area contributed by atoms with Crippen LogP contribution in [0.4, 0.5) is 0 Å². The lowest BCUT2D eigenvalue weighted by atomic mass is 10.1. The average Bonchev–Trinajstić information content (AvgIpc) is 3.09. The molecular weight excluding hydrogens is 444 g/mol. The van der Waals surface area contributed by atoms with Gasteiger partial charge in [-0.25, -0.2) is 4.79 Å². The second-order valence-corrected chi connectivity index (χ2v) is 8.63. The van der Waals surface area contributed by atoms with E-state index in [0.717, 1.165) is 15.8 Å². The fourth-order valence-corrected chi connectivity index (χ4v) is 4.10. The minimum absolute atomic E-state index is 0.0546. The third-order valence-electron chi connectivity index (χ3n) is 4.79. The van der Waals surface area contributed by atoms with Crippen molar-refractivity contribution in [2.24, 2.45) is 0 Å². The lowest BCUT2D eigenvalue weighted by molar-refractivity contribution is -0.158.